The van der Waals surface area contributed by atoms with Crippen LogP contribution in [0.4, 0.5) is 5.69 Å². The summed E-state index contributed by atoms with van der Waals surface area (Å²) < 4.78 is 12.0. The largest absolute Gasteiger partial charge is 0.497 e. The van der Waals surface area contributed by atoms with Crippen LogP contribution in [0.5, 0.6) is 11.5 Å². The monoisotopic (exact) mass is 470 g/mol. The van der Waals surface area contributed by atoms with Gasteiger partial charge in [0.25, 0.3) is 0 Å². The number of hydrazone groups is 1. The molecule has 1 aliphatic rings. The van der Waals surface area contributed by atoms with Gasteiger partial charge in [-0.15, -0.1) is 0 Å². The van der Waals surface area contributed by atoms with E-state index < -0.39 is 0 Å². The van der Waals surface area contributed by atoms with Crippen molar-refractivity contribution in [2.45, 2.75) is 12.5 Å². The molecule has 0 saturated heterocycles. The van der Waals surface area contributed by atoms with E-state index in [1.165, 1.54) is 0 Å². The minimum Gasteiger partial charge on any atom is -0.497 e. The molecule has 0 N–H and O–H groups in total. The normalized spacial score (nSPS) is 15.9. The Kier molecular flexibility index (Phi) is 5.79. The molecule has 0 fully saturated rings. The van der Waals surface area contributed by atoms with Crippen LogP contribution >= 0.6 is 27.5 Å². The number of halogens is 2. The number of hydrogen-bond donors (Lipinski definition) is 0. The third-order valence-electron chi connectivity index (χ3n) is 4.96. The predicted octanol–water partition coefficient (Wildman–Crippen LogP) is 6.48. The molecular weight excluding hydrogens is 452 g/mol. The van der Waals surface area contributed by atoms with Crippen LogP contribution in [0, 0.1) is 0 Å². The maximum atomic E-state index is 6.07. The fraction of sp³-hybridized carbons (Fsp3) is 0.174. The molecule has 0 aromatic heterocycles. The van der Waals surface area contributed by atoms with Crippen LogP contribution in [0.2, 0.25) is 5.02 Å². The average molecular weight is 472 g/mol. The van der Waals surface area contributed by atoms with E-state index in [4.69, 9.17) is 26.2 Å². The quantitative estimate of drug-likeness (QED) is 0.427. The molecule has 1 atom stereocenters. The molecule has 0 spiro atoms. The van der Waals surface area contributed by atoms with Crippen molar-refractivity contribution in [3.05, 3.63) is 87.4 Å². The molecular formula is C23H20BrClN2O2. The van der Waals surface area contributed by atoms with Crippen molar-refractivity contribution in [2.24, 2.45) is 5.10 Å². The smallest absolute Gasteiger partial charge is 0.127 e. The Morgan fingerprint density at radius 2 is 1.79 bits per heavy atom. The summed E-state index contributed by atoms with van der Waals surface area (Å²) >= 11 is 9.64. The van der Waals surface area contributed by atoms with E-state index in [-0.39, 0.29) is 6.04 Å². The van der Waals surface area contributed by atoms with E-state index >= 15 is 0 Å². The van der Waals surface area contributed by atoms with Crippen molar-refractivity contribution >= 4 is 38.9 Å². The zero-order valence-corrected chi connectivity index (χ0v) is 18.4. The molecule has 148 valence electrons. The zero-order chi connectivity index (χ0) is 20.4. The summed E-state index contributed by atoms with van der Waals surface area (Å²) in [6.45, 7) is 0. The molecule has 3 aromatic carbocycles. The minimum absolute atomic E-state index is 0.00386. The molecule has 0 bridgehead atoms. The molecule has 6 heteroatoms. The second kappa shape index (κ2) is 8.47. The molecule has 1 unspecified atom stereocenters. The standard InChI is InChI=1S/C23H20BrClN2O2/c1-28-19-10-11-20(23(13-19)29-2)22-14-21(15-6-8-17(25)9-7-15)26-27(22)18-5-3-4-16(24)12-18/h3-13,22H,14H2,1-2H3. The highest BCUT2D eigenvalue weighted by Crippen LogP contribution is 2.41. The summed E-state index contributed by atoms with van der Waals surface area (Å²) in [5, 5.41) is 7.74. The molecule has 0 aliphatic carbocycles. The number of hydrogen-bond acceptors (Lipinski definition) is 4. The van der Waals surface area contributed by atoms with Crippen molar-refractivity contribution in [1.82, 2.24) is 0 Å². The first-order chi connectivity index (χ1) is 14.1. The van der Waals surface area contributed by atoms with Crippen LogP contribution in [0.15, 0.2) is 76.3 Å². The maximum absolute atomic E-state index is 6.07. The van der Waals surface area contributed by atoms with E-state index in [2.05, 4.69) is 33.1 Å². The third kappa shape index (κ3) is 4.11. The highest BCUT2D eigenvalue weighted by atomic mass is 79.9. The molecule has 0 amide bonds. The summed E-state index contributed by atoms with van der Waals surface area (Å²) in [5.74, 6) is 1.54. The topological polar surface area (TPSA) is 34.1 Å². The minimum atomic E-state index is -0.00386. The Labute approximate surface area is 183 Å². The van der Waals surface area contributed by atoms with Gasteiger partial charge in [0.05, 0.1) is 31.7 Å². The van der Waals surface area contributed by atoms with Crippen molar-refractivity contribution in [1.29, 1.82) is 0 Å². The summed E-state index contributed by atoms with van der Waals surface area (Å²) in [7, 11) is 3.33. The van der Waals surface area contributed by atoms with Gasteiger partial charge in [-0.1, -0.05) is 45.7 Å². The van der Waals surface area contributed by atoms with Crippen LogP contribution in [-0.2, 0) is 0 Å². The first-order valence-corrected chi connectivity index (χ1v) is 10.4. The summed E-state index contributed by atoms with van der Waals surface area (Å²) in [6, 6.07) is 21.9. The van der Waals surface area contributed by atoms with Crippen molar-refractivity contribution in [3.8, 4) is 11.5 Å². The molecule has 29 heavy (non-hydrogen) atoms. The van der Waals surface area contributed by atoms with Gasteiger partial charge in [-0.2, -0.15) is 5.10 Å². The van der Waals surface area contributed by atoms with Gasteiger partial charge in [0.2, 0.25) is 0 Å². The number of anilines is 1. The van der Waals surface area contributed by atoms with Gasteiger partial charge in [0.15, 0.2) is 0 Å². The van der Waals surface area contributed by atoms with Gasteiger partial charge in [0, 0.05) is 27.5 Å². The van der Waals surface area contributed by atoms with Crippen molar-refractivity contribution < 1.29 is 9.47 Å². The fourth-order valence-electron chi connectivity index (χ4n) is 3.52. The first-order valence-electron chi connectivity index (χ1n) is 9.19. The summed E-state index contributed by atoms with van der Waals surface area (Å²) in [6.07, 6.45) is 0.747. The highest BCUT2D eigenvalue weighted by Gasteiger charge is 2.32. The van der Waals surface area contributed by atoms with Crippen molar-refractivity contribution in [2.75, 3.05) is 19.2 Å². The Bertz CT molecular complexity index is 1050. The van der Waals surface area contributed by atoms with E-state index in [1.54, 1.807) is 14.2 Å². The second-order valence-corrected chi connectivity index (χ2v) is 8.06. The molecule has 3 aromatic rings. The van der Waals surface area contributed by atoms with Crippen LogP contribution in [0.25, 0.3) is 0 Å². The maximum Gasteiger partial charge on any atom is 0.127 e. The molecule has 4 rings (SSSR count). The van der Waals surface area contributed by atoms with Crippen LogP contribution in [-0.4, -0.2) is 19.9 Å². The Morgan fingerprint density at radius 1 is 1.00 bits per heavy atom. The lowest BCUT2D eigenvalue weighted by molar-refractivity contribution is 0.388. The zero-order valence-electron chi connectivity index (χ0n) is 16.1. The van der Waals surface area contributed by atoms with Gasteiger partial charge in [-0.25, -0.2) is 0 Å². The SMILES string of the molecule is COc1ccc(C2CC(c3ccc(Cl)cc3)=NN2c2cccc(Br)c2)c(OC)c1. The first kappa shape index (κ1) is 19.8. The Balaban J connectivity index is 1.79. The van der Waals surface area contributed by atoms with Gasteiger partial charge in [-0.3, -0.25) is 5.01 Å². The third-order valence-corrected chi connectivity index (χ3v) is 5.71. The van der Waals surface area contributed by atoms with Crippen LogP contribution in [0.3, 0.4) is 0 Å². The molecule has 1 heterocycles. The Morgan fingerprint density at radius 3 is 2.48 bits per heavy atom. The van der Waals surface area contributed by atoms with E-state index in [1.807, 2.05) is 54.6 Å². The molecule has 1 aliphatic heterocycles. The van der Waals surface area contributed by atoms with Crippen molar-refractivity contribution in [3.63, 3.8) is 0 Å². The number of rotatable bonds is 5. The number of benzene rings is 3. The predicted molar refractivity (Wildman–Crippen MR) is 122 cm³/mol. The lowest BCUT2D eigenvalue weighted by atomic mass is 9.97. The lowest BCUT2D eigenvalue weighted by Gasteiger charge is -2.25. The lowest BCUT2D eigenvalue weighted by Crippen LogP contribution is -2.19. The number of nitrogens with zero attached hydrogens (tertiary/aromatic N) is 2. The van der Waals surface area contributed by atoms with E-state index in [0.717, 1.165) is 44.9 Å². The van der Waals surface area contributed by atoms with Gasteiger partial charge in [0.1, 0.15) is 11.5 Å². The Hall–Kier alpha value is -2.50. The van der Waals surface area contributed by atoms with Crippen LogP contribution < -0.4 is 14.5 Å². The van der Waals surface area contributed by atoms with Gasteiger partial charge >= 0.3 is 0 Å². The van der Waals surface area contributed by atoms with Gasteiger partial charge < -0.3 is 9.47 Å². The number of ether oxygens (including phenoxy) is 2. The fourth-order valence-corrected chi connectivity index (χ4v) is 4.03. The van der Waals surface area contributed by atoms with E-state index in [9.17, 15) is 0 Å². The molecule has 0 saturated carbocycles. The average Bonchev–Trinajstić information content (AvgIpc) is 3.19. The summed E-state index contributed by atoms with van der Waals surface area (Å²) in [5.41, 5.74) is 4.13. The second-order valence-electron chi connectivity index (χ2n) is 6.71. The number of methoxy groups -OCH3 is 2. The summed E-state index contributed by atoms with van der Waals surface area (Å²) in [4.78, 5) is 0. The van der Waals surface area contributed by atoms with Gasteiger partial charge in [-0.05, 0) is 48.0 Å². The molecule has 4 nitrogen and oxygen atoms in total. The highest BCUT2D eigenvalue weighted by molar-refractivity contribution is 9.10. The molecule has 0 radical (unpaired) electrons. The van der Waals surface area contributed by atoms with Crippen LogP contribution in [0.1, 0.15) is 23.6 Å². The van der Waals surface area contributed by atoms with E-state index in [0.29, 0.717) is 5.02 Å².